The summed E-state index contributed by atoms with van der Waals surface area (Å²) in [6.07, 6.45) is 3.50. The number of hydrogen-bond donors (Lipinski definition) is 1. The van der Waals surface area contributed by atoms with E-state index < -0.39 is 0 Å². The summed E-state index contributed by atoms with van der Waals surface area (Å²) in [4.78, 5) is 4.05. The third kappa shape index (κ3) is 2.76. The molecule has 0 saturated carbocycles. The van der Waals surface area contributed by atoms with Crippen LogP contribution < -0.4 is 5.32 Å². The summed E-state index contributed by atoms with van der Waals surface area (Å²) in [6, 6.07) is 11.4. The van der Waals surface area contributed by atoms with Gasteiger partial charge in [-0.25, -0.2) is 0 Å². The maximum absolute atomic E-state index is 6.08. The molecule has 2 aromatic heterocycles. The van der Waals surface area contributed by atoms with E-state index in [-0.39, 0.29) is 0 Å². The van der Waals surface area contributed by atoms with Crippen molar-refractivity contribution in [2.24, 2.45) is 0 Å². The molecule has 21 heavy (non-hydrogen) atoms. The second-order valence-electron chi connectivity index (χ2n) is 4.51. The van der Waals surface area contributed by atoms with E-state index in [4.69, 9.17) is 16.1 Å². The first-order chi connectivity index (χ1) is 10.3. The molecule has 0 aliphatic heterocycles. The lowest BCUT2D eigenvalue weighted by atomic mass is 10.0. The standard InChI is InChI=1S/C16H14ClN3O/c1-2-19-16-14(11-6-8-18-9-7-11)15(20-21-16)12-4-3-5-13(17)10-12/h3-10,19H,2H2,1H3. The van der Waals surface area contributed by atoms with E-state index in [1.807, 2.05) is 43.3 Å². The summed E-state index contributed by atoms with van der Waals surface area (Å²) in [5.74, 6) is 0.652. The van der Waals surface area contributed by atoms with Gasteiger partial charge < -0.3 is 9.84 Å². The Balaban J connectivity index is 2.18. The fraction of sp³-hybridized carbons (Fsp3) is 0.125. The molecule has 4 nitrogen and oxygen atoms in total. The molecule has 0 amide bonds. The Labute approximate surface area is 127 Å². The second-order valence-corrected chi connectivity index (χ2v) is 4.95. The van der Waals surface area contributed by atoms with Gasteiger partial charge in [-0.05, 0) is 36.8 Å². The fourth-order valence-corrected chi connectivity index (χ4v) is 2.38. The quantitative estimate of drug-likeness (QED) is 0.771. The highest BCUT2D eigenvalue weighted by atomic mass is 35.5. The van der Waals surface area contributed by atoms with Gasteiger partial charge in [0.25, 0.3) is 0 Å². The molecule has 0 aliphatic carbocycles. The van der Waals surface area contributed by atoms with Crippen LogP contribution in [0.5, 0.6) is 0 Å². The highest BCUT2D eigenvalue weighted by Crippen LogP contribution is 2.37. The van der Waals surface area contributed by atoms with E-state index in [1.54, 1.807) is 12.4 Å². The lowest BCUT2D eigenvalue weighted by Crippen LogP contribution is -1.96. The molecule has 0 radical (unpaired) electrons. The van der Waals surface area contributed by atoms with Gasteiger partial charge in [-0.2, -0.15) is 0 Å². The molecule has 0 atom stereocenters. The van der Waals surface area contributed by atoms with Crippen molar-refractivity contribution in [2.75, 3.05) is 11.9 Å². The first kappa shape index (κ1) is 13.6. The number of benzene rings is 1. The van der Waals surface area contributed by atoms with Crippen molar-refractivity contribution >= 4 is 17.5 Å². The molecule has 3 rings (SSSR count). The topological polar surface area (TPSA) is 51.0 Å². The molecule has 5 heteroatoms. The highest BCUT2D eigenvalue weighted by molar-refractivity contribution is 6.30. The molecule has 1 N–H and O–H groups in total. The molecular weight excluding hydrogens is 286 g/mol. The largest absolute Gasteiger partial charge is 0.354 e. The number of nitrogens with one attached hydrogen (secondary N) is 1. The lowest BCUT2D eigenvalue weighted by molar-refractivity contribution is 0.435. The van der Waals surface area contributed by atoms with Crippen molar-refractivity contribution in [3.05, 3.63) is 53.8 Å². The summed E-state index contributed by atoms with van der Waals surface area (Å²) in [7, 11) is 0. The minimum atomic E-state index is 0.652. The molecule has 0 aliphatic rings. The van der Waals surface area contributed by atoms with Gasteiger partial charge in [-0.15, -0.1) is 0 Å². The number of pyridine rings is 1. The summed E-state index contributed by atoms with van der Waals surface area (Å²) in [5, 5.41) is 8.07. The molecule has 2 heterocycles. The van der Waals surface area contributed by atoms with Crippen LogP contribution in [0, 0.1) is 0 Å². The average molecular weight is 300 g/mol. The monoisotopic (exact) mass is 299 g/mol. The van der Waals surface area contributed by atoms with Crippen LogP contribution in [-0.2, 0) is 0 Å². The first-order valence-corrected chi connectivity index (χ1v) is 7.07. The molecule has 0 fully saturated rings. The fourth-order valence-electron chi connectivity index (χ4n) is 2.19. The average Bonchev–Trinajstić information content (AvgIpc) is 2.92. The predicted molar refractivity (Wildman–Crippen MR) is 84.3 cm³/mol. The van der Waals surface area contributed by atoms with Crippen LogP contribution >= 0.6 is 11.6 Å². The molecule has 0 spiro atoms. The molecule has 1 aromatic carbocycles. The van der Waals surface area contributed by atoms with E-state index in [9.17, 15) is 0 Å². The third-order valence-corrected chi connectivity index (χ3v) is 3.33. The van der Waals surface area contributed by atoms with Crippen LogP contribution in [0.2, 0.25) is 5.02 Å². The Kier molecular flexibility index (Phi) is 3.88. The zero-order chi connectivity index (χ0) is 14.7. The van der Waals surface area contributed by atoms with Gasteiger partial charge in [-0.3, -0.25) is 4.98 Å². The molecule has 0 bridgehead atoms. The maximum atomic E-state index is 6.08. The molecule has 0 unspecified atom stereocenters. The van der Waals surface area contributed by atoms with Crippen LogP contribution in [0.15, 0.2) is 53.3 Å². The smallest absolute Gasteiger partial charge is 0.233 e. The number of hydrogen-bond acceptors (Lipinski definition) is 4. The van der Waals surface area contributed by atoms with E-state index in [2.05, 4.69) is 15.5 Å². The van der Waals surface area contributed by atoms with Crippen molar-refractivity contribution < 1.29 is 4.52 Å². The Morgan fingerprint density at radius 1 is 1.14 bits per heavy atom. The Bertz CT molecular complexity index is 740. The predicted octanol–water partition coefficient (Wildman–Crippen LogP) is 4.49. The van der Waals surface area contributed by atoms with Crippen molar-refractivity contribution in [2.45, 2.75) is 6.92 Å². The zero-order valence-corrected chi connectivity index (χ0v) is 12.3. The van der Waals surface area contributed by atoms with E-state index in [0.29, 0.717) is 10.9 Å². The lowest BCUT2D eigenvalue weighted by Gasteiger charge is -2.05. The van der Waals surface area contributed by atoms with Gasteiger partial charge in [0, 0.05) is 29.5 Å². The number of aromatic nitrogens is 2. The van der Waals surface area contributed by atoms with E-state index >= 15 is 0 Å². The SMILES string of the molecule is CCNc1onc(-c2cccc(Cl)c2)c1-c1ccncc1. The zero-order valence-electron chi connectivity index (χ0n) is 11.5. The van der Waals surface area contributed by atoms with Gasteiger partial charge in [0.05, 0.1) is 5.56 Å². The van der Waals surface area contributed by atoms with Crippen molar-refractivity contribution in [3.63, 3.8) is 0 Å². The summed E-state index contributed by atoms with van der Waals surface area (Å²) < 4.78 is 5.46. The molecule has 0 saturated heterocycles. The van der Waals surface area contributed by atoms with Gasteiger partial charge >= 0.3 is 0 Å². The second kappa shape index (κ2) is 5.97. The minimum Gasteiger partial charge on any atom is -0.354 e. The Hall–Kier alpha value is -2.33. The molecule has 3 aromatic rings. The molecule has 106 valence electrons. The molecular formula is C16H14ClN3O. The summed E-state index contributed by atoms with van der Waals surface area (Å²) in [5.41, 5.74) is 3.60. The van der Waals surface area contributed by atoms with Gasteiger partial charge in [0.1, 0.15) is 5.69 Å². The minimum absolute atomic E-state index is 0.652. The van der Waals surface area contributed by atoms with Crippen LogP contribution in [0.1, 0.15) is 6.92 Å². The van der Waals surface area contributed by atoms with Crippen molar-refractivity contribution in [1.29, 1.82) is 0 Å². The van der Waals surface area contributed by atoms with Crippen molar-refractivity contribution in [3.8, 4) is 22.4 Å². The van der Waals surface area contributed by atoms with Crippen LogP contribution in [0.25, 0.3) is 22.4 Å². The maximum Gasteiger partial charge on any atom is 0.233 e. The van der Waals surface area contributed by atoms with E-state index in [1.165, 1.54) is 0 Å². The number of nitrogens with zero attached hydrogens (tertiary/aromatic N) is 2. The third-order valence-electron chi connectivity index (χ3n) is 3.10. The first-order valence-electron chi connectivity index (χ1n) is 6.69. The Morgan fingerprint density at radius 3 is 2.67 bits per heavy atom. The summed E-state index contributed by atoms with van der Waals surface area (Å²) >= 11 is 6.08. The van der Waals surface area contributed by atoms with E-state index in [0.717, 1.165) is 28.9 Å². The number of halogens is 1. The Morgan fingerprint density at radius 2 is 1.95 bits per heavy atom. The normalized spacial score (nSPS) is 10.6. The van der Waals surface area contributed by atoms with Crippen molar-refractivity contribution in [1.82, 2.24) is 10.1 Å². The highest BCUT2D eigenvalue weighted by Gasteiger charge is 2.19. The van der Waals surface area contributed by atoms with Gasteiger partial charge in [-0.1, -0.05) is 28.9 Å². The van der Waals surface area contributed by atoms with Gasteiger partial charge in [0.15, 0.2) is 0 Å². The van der Waals surface area contributed by atoms with Crippen LogP contribution in [0.3, 0.4) is 0 Å². The van der Waals surface area contributed by atoms with Crippen LogP contribution in [-0.4, -0.2) is 16.7 Å². The number of rotatable bonds is 4. The summed E-state index contributed by atoms with van der Waals surface area (Å²) in [6.45, 7) is 2.76. The number of anilines is 1. The van der Waals surface area contributed by atoms with Gasteiger partial charge in [0.2, 0.25) is 5.88 Å². The van der Waals surface area contributed by atoms with Crippen LogP contribution in [0.4, 0.5) is 5.88 Å².